The normalized spacial score (nSPS) is 11.6. The van der Waals surface area contributed by atoms with Crippen LogP contribution < -0.4 is 21.0 Å². The first-order valence-electron chi connectivity index (χ1n) is 16.7. The maximum absolute atomic E-state index is 5.84. The zero-order chi connectivity index (χ0) is 33.3. The molecule has 50 heavy (non-hydrogen) atoms. The van der Waals surface area contributed by atoms with Crippen LogP contribution in [0.5, 0.6) is 0 Å². The van der Waals surface area contributed by atoms with Gasteiger partial charge in [0.15, 0.2) is 0 Å². The molecule has 0 saturated heterocycles. The summed E-state index contributed by atoms with van der Waals surface area (Å²) in [5.41, 5.74) is 6.26. The van der Waals surface area contributed by atoms with E-state index in [4.69, 9.17) is 15.0 Å². The Balaban J connectivity index is 1.52. The van der Waals surface area contributed by atoms with Crippen molar-refractivity contribution in [2.45, 2.75) is 0 Å². The predicted molar refractivity (Wildman–Crippen MR) is 206 cm³/mol. The first kappa shape index (κ1) is 29.6. The van der Waals surface area contributed by atoms with Gasteiger partial charge < -0.3 is 0 Å². The molecule has 5 aromatic carbocycles. The van der Waals surface area contributed by atoms with Crippen LogP contribution >= 0.6 is 0 Å². The number of nitrogens with zero attached hydrogens (tertiary/aromatic N) is 5. The van der Waals surface area contributed by atoms with Crippen molar-refractivity contribution in [1.29, 1.82) is 0 Å². The van der Waals surface area contributed by atoms with Gasteiger partial charge in [-0.3, -0.25) is 14.5 Å². The van der Waals surface area contributed by atoms with Crippen LogP contribution in [0.2, 0.25) is 0 Å². The Kier molecular flexibility index (Phi) is 7.41. The van der Waals surface area contributed by atoms with E-state index in [0.717, 1.165) is 55.6 Å². The molecule has 0 bridgehead atoms. The molecule has 0 aliphatic rings. The molecule has 9 aromatic rings. The largest absolute Gasteiger partial charge is 0.293 e. The zero-order valence-electron chi connectivity index (χ0n) is 27.1. The lowest BCUT2D eigenvalue weighted by atomic mass is 10.0. The quantitative estimate of drug-likeness (QED) is 0.136. The van der Waals surface area contributed by atoms with Gasteiger partial charge in [-0.1, -0.05) is 140 Å². The monoisotopic (exact) mass is 657 g/mol. The maximum atomic E-state index is 5.84. The van der Waals surface area contributed by atoms with Gasteiger partial charge in [-0.15, -0.1) is 0 Å². The van der Waals surface area contributed by atoms with Crippen LogP contribution in [0.25, 0.3) is 50.1 Å². The minimum absolute atomic E-state index is 0.764. The van der Waals surface area contributed by atoms with Crippen molar-refractivity contribution in [1.82, 2.24) is 24.5 Å². The van der Waals surface area contributed by atoms with Crippen LogP contribution in [0.4, 0.5) is 0 Å². The summed E-state index contributed by atoms with van der Waals surface area (Å²) in [7, 11) is -3.15. The fourth-order valence-electron chi connectivity index (χ4n) is 7.35. The molecule has 0 aliphatic heterocycles. The molecule has 9 rings (SSSR count). The molecule has 0 radical (unpaired) electrons. The van der Waals surface area contributed by atoms with Gasteiger partial charge >= 0.3 is 0 Å². The highest BCUT2D eigenvalue weighted by Crippen LogP contribution is 2.38. The molecular formula is C44H31N5Si. The Morgan fingerprint density at radius 1 is 0.460 bits per heavy atom. The summed E-state index contributed by atoms with van der Waals surface area (Å²) in [5, 5.41) is 5.93. The number of hydrogen-bond acceptors (Lipinski definition) is 4. The van der Waals surface area contributed by atoms with Crippen LogP contribution in [0.15, 0.2) is 188 Å². The van der Waals surface area contributed by atoms with E-state index in [9.17, 15) is 0 Å². The van der Waals surface area contributed by atoms with E-state index >= 15 is 0 Å². The first-order valence-corrected chi connectivity index (χ1v) is 18.7. The molecule has 0 amide bonds. The lowest BCUT2D eigenvalue weighted by molar-refractivity contribution is 1.06. The minimum Gasteiger partial charge on any atom is -0.293 e. The number of benzene rings is 5. The van der Waals surface area contributed by atoms with Gasteiger partial charge in [-0.05, 0) is 45.9 Å². The molecule has 0 saturated carbocycles. The van der Waals surface area contributed by atoms with E-state index in [1.165, 1.54) is 15.6 Å². The molecule has 236 valence electrons. The van der Waals surface area contributed by atoms with Crippen molar-refractivity contribution in [3.8, 4) is 28.3 Å². The standard InChI is InChI=1S/C44H31N5Si/c1-4-18-33(19-5-1)50(34-20-6-2-7-21-34,35-22-8-3-9-23-35)44-47-42(38-26-14-15-30-46-38)41(32-17-16-29-45-31-32)43(48-44)49-39-27-12-10-24-36(39)37-25-11-13-28-40(37)49/h1-31H. The van der Waals surface area contributed by atoms with Crippen LogP contribution in [0, 0.1) is 0 Å². The smallest absolute Gasteiger partial charge is 0.226 e. The van der Waals surface area contributed by atoms with E-state index in [-0.39, 0.29) is 0 Å². The Morgan fingerprint density at radius 2 is 1.00 bits per heavy atom. The number of rotatable bonds is 7. The third-order valence-corrected chi connectivity index (χ3v) is 14.0. The summed E-state index contributed by atoms with van der Waals surface area (Å²) in [4.78, 5) is 21.0. The summed E-state index contributed by atoms with van der Waals surface area (Å²) in [6.45, 7) is 0. The van der Waals surface area contributed by atoms with Gasteiger partial charge in [-0.25, -0.2) is 9.97 Å². The Bertz CT molecular complexity index is 2420. The molecule has 0 unspecified atom stereocenters. The second kappa shape index (κ2) is 12.5. The Labute approximate surface area is 291 Å². The van der Waals surface area contributed by atoms with Gasteiger partial charge in [0.05, 0.1) is 22.3 Å². The second-order valence-corrected chi connectivity index (χ2v) is 15.9. The molecule has 4 heterocycles. The van der Waals surface area contributed by atoms with E-state index in [1.54, 1.807) is 6.20 Å². The summed E-state index contributed by atoms with van der Waals surface area (Å²) >= 11 is 0. The van der Waals surface area contributed by atoms with Crippen molar-refractivity contribution in [2.24, 2.45) is 0 Å². The predicted octanol–water partition coefficient (Wildman–Crippen LogP) is 7.08. The molecule has 0 aliphatic carbocycles. The van der Waals surface area contributed by atoms with Crippen LogP contribution in [-0.2, 0) is 0 Å². The van der Waals surface area contributed by atoms with E-state index < -0.39 is 8.07 Å². The fraction of sp³-hybridized carbons (Fsp3) is 0. The van der Waals surface area contributed by atoms with Crippen molar-refractivity contribution in [3.05, 3.63) is 188 Å². The van der Waals surface area contributed by atoms with E-state index in [1.807, 2.05) is 36.7 Å². The van der Waals surface area contributed by atoms with E-state index in [0.29, 0.717) is 0 Å². The van der Waals surface area contributed by atoms with Crippen LogP contribution in [-0.4, -0.2) is 32.6 Å². The average Bonchev–Trinajstić information content (AvgIpc) is 3.54. The molecule has 0 spiro atoms. The summed E-state index contributed by atoms with van der Waals surface area (Å²) < 4.78 is 2.31. The summed E-state index contributed by atoms with van der Waals surface area (Å²) in [6, 6.07) is 59.6. The number of hydrogen-bond donors (Lipinski definition) is 0. The summed E-state index contributed by atoms with van der Waals surface area (Å²) in [5.74, 6) is 0.792. The number of fused-ring (bicyclic) bond motifs is 3. The SMILES string of the molecule is c1ccc([Si](c2ccccc2)(c2ccccc2)c2nc(-c3ccccn3)c(-c3cccnc3)c(-n3c4ccccc4c4ccccc43)n2)cc1. The highest BCUT2D eigenvalue weighted by Gasteiger charge is 2.45. The van der Waals surface area contributed by atoms with Crippen molar-refractivity contribution < 1.29 is 0 Å². The summed E-state index contributed by atoms with van der Waals surface area (Å²) in [6.07, 6.45) is 5.54. The van der Waals surface area contributed by atoms with Gasteiger partial charge in [0, 0.05) is 34.9 Å². The van der Waals surface area contributed by atoms with Crippen molar-refractivity contribution in [2.75, 3.05) is 0 Å². The fourth-order valence-corrected chi connectivity index (χ4v) is 11.8. The van der Waals surface area contributed by atoms with E-state index in [2.05, 4.69) is 155 Å². The molecule has 4 aromatic heterocycles. The molecular weight excluding hydrogens is 627 g/mol. The molecule has 0 fully saturated rings. The Hall–Kier alpha value is -6.50. The average molecular weight is 658 g/mol. The van der Waals surface area contributed by atoms with Crippen LogP contribution in [0.3, 0.4) is 0 Å². The lowest BCUT2D eigenvalue weighted by Gasteiger charge is -2.33. The zero-order valence-corrected chi connectivity index (χ0v) is 28.1. The van der Waals surface area contributed by atoms with Gasteiger partial charge in [0.25, 0.3) is 0 Å². The van der Waals surface area contributed by atoms with Crippen molar-refractivity contribution >= 4 is 50.9 Å². The van der Waals surface area contributed by atoms with Gasteiger partial charge in [-0.2, -0.15) is 0 Å². The molecule has 6 heteroatoms. The second-order valence-electron chi connectivity index (χ2n) is 12.3. The van der Waals surface area contributed by atoms with Gasteiger partial charge in [0.1, 0.15) is 17.0 Å². The Morgan fingerprint density at radius 3 is 1.52 bits per heavy atom. The first-order chi connectivity index (χ1) is 24.8. The highest BCUT2D eigenvalue weighted by atomic mass is 28.3. The van der Waals surface area contributed by atoms with Crippen LogP contribution in [0.1, 0.15) is 0 Å². The molecule has 0 atom stereocenters. The maximum Gasteiger partial charge on any atom is 0.226 e. The highest BCUT2D eigenvalue weighted by molar-refractivity contribution is 7.19. The number of aromatic nitrogens is 5. The third kappa shape index (κ3) is 4.77. The molecule has 5 nitrogen and oxygen atoms in total. The third-order valence-electron chi connectivity index (χ3n) is 9.50. The number of para-hydroxylation sites is 2. The van der Waals surface area contributed by atoms with Gasteiger partial charge in [0.2, 0.25) is 8.07 Å². The van der Waals surface area contributed by atoms with Crippen molar-refractivity contribution in [3.63, 3.8) is 0 Å². The minimum atomic E-state index is -3.15. The number of pyridine rings is 2. The lowest BCUT2D eigenvalue weighted by Crippen LogP contribution is -2.76. The topological polar surface area (TPSA) is 56.5 Å². The molecule has 0 N–H and O–H groups in total.